The molecule has 2 aromatic rings. The summed E-state index contributed by atoms with van der Waals surface area (Å²) in [5, 5.41) is 90.2. The van der Waals surface area contributed by atoms with Gasteiger partial charge in [-0.25, -0.2) is 0 Å². The van der Waals surface area contributed by atoms with Gasteiger partial charge in [0.15, 0.2) is 0 Å². The van der Waals surface area contributed by atoms with Crippen LogP contribution in [0.4, 0.5) is 0 Å². The topological polar surface area (TPSA) is 236 Å². The minimum atomic E-state index is -1.75. The summed E-state index contributed by atoms with van der Waals surface area (Å²) >= 11 is 0. The molecule has 2 fully saturated rings. The fourth-order valence-corrected chi connectivity index (χ4v) is 5.31. The van der Waals surface area contributed by atoms with Crippen LogP contribution in [0.25, 0.3) is 0 Å². The van der Waals surface area contributed by atoms with Crippen LogP contribution < -0.4 is 9.47 Å². The quantitative estimate of drug-likeness (QED) is 0.133. The number of aliphatic hydroxyl groups excluding tert-OH is 9. The van der Waals surface area contributed by atoms with E-state index in [0.29, 0.717) is 16.7 Å². The highest BCUT2D eigenvalue weighted by molar-refractivity contribution is 6.15. The molecular weight excluding hydrogens is 548 g/mol. The van der Waals surface area contributed by atoms with Crippen LogP contribution in [0.15, 0.2) is 30.3 Å². The summed E-state index contributed by atoms with van der Waals surface area (Å²) in [6.07, 6.45) is -15.6. The minimum Gasteiger partial charge on any atom is -0.461 e. The third-order valence-electron chi connectivity index (χ3n) is 7.56. The Kier molecular flexibility index (Phi) is 8.61. The molecule has 2 heterocycles. The largest absolute Gasteiger partial charge is 0.461 e. The van der Waals surface area contributed by atoms with Gasteiger partial charge in [-0.1, -0.05) is 18.2 Å². The molecule has 5 rings (SSSR count). The lowest BCUT2D eigenvalue weighted by molar-refractivity contribution is -0.277. The molecule has 0 saturated carbocycles. The number of benzene rings is 2. The Balaban J connectivity index is 1.49. The zero-order valence-electron chi connectivity index (χ0n) is 21.6. The van der Waals surface area contributed by atoms with E-state index in [1.165, 1.54) is 12.1 Å². The van der Waals surface area contributed by atoms with Crippen LogP contribution in [0.3, 0.4) is 0 Å². The van der Waals surface area contributed by atoms with Crippen molar-refractivity contribution in [2.24, 2.45) is 0 Å². The van der Waals surface area contributed by atoms with E-state index in [1.54, 1.807) is 18.2 Å². The summed E-state index contributed by atoms with van der Waals surface area (Å²) in [6.45, 7) is -1.78. The minimum absolute atomic E-state index is 0.0245. The molecule has 2 saturated heterocycles. The van der Waals surface area contributed by atoms with Crippen LogP contribution in [0.2, 0.25) is 0 Å². The molecule has 2 aliphatic heterocycles. The Morgan fingerprint density at radius 1 is 0.683 bits per heavy atom. The van der Waals surface area contributed by atoms with Crippen molar-refractivity contribution in [2.45, 2.75) is 74.4 Å². The van der Waals surface area contributed by atoms with E-state index in [-0.39, 0.29) is 29.0 Å². The molecule has 0 unspecified atom stereocenters. The summed E-state index contributed by atoms with van der Waals surface area (Å²) in [4.78, 5) is 14.0. The molecule has 0 spiro atoms. The van der Waals surface area contributed by atoms with Crippen LogP contribution in [0.1, 0.15) is 32.6 Å². The molecule has 41 heavy (non-hydrogen) atoms. The third kappa shape index (κ3) is 5.33. The molecule has 0 amide bonds. The van der Waals surface area contributed by atoms with Crippen LogP contribution in [-0.4, -0.2) is 126 Å². The zero-order valence-corrected chi connectivity index (χ0v) is 21.6. The summed E-state index contributed by atoms with van der Waals surface area (Å²) in [7, 11) is 0. The van der Waals surface area contributed by atoms with Crippen molar-refractivity contribution in [1.29, 1.82) is 0 Å². The second-order valence-corrected chi connectivity index (χ2v) is 10.2. The fraction of sp³-hybridized carbons (Fsp3) is 0.519. The van der Waals surface area contributed by atoms with Crippen molar-refractivity contribution < 1.29 is 69.7 Å². The van der Waals surface area contributed by atoms with Gasteiger partial charge in [0.2, 0.25) is 18.4 Å². The molecule has 1 aliphatic carbocycles. The van der Waals surface area contributed by atoms with E-state index in [2.05, 4.69) is 0 Å². The molecule has 0 aromatic heterocycles. The number of carbonyl (C=O) groups excluding carboxylic acids is 1. The molecule has 14 heteroatoms. The molecule has 10 atom stereocenters. The average Bonchev–Trinajstić information content (AvgIpc) is 2.97. The third-order valence-corrected chi connectivity index (χ3v) is 7.56. The van der Waals surface area contributed by atoms with Gasteiger partial charge in [-0.15, -0.1) is 0 Å². The highest BCUT2D eigenvalue weighted by Crippen LogP contribution is 2.40. The predicted molar refractivity (Wildman–Crippen MR) is 134 cm³/mol. The number of hydrogen-bond donors (Lipinski definition) is 9. The van der Waals surface area contributed by atoms with Crippen LogP contribution in [-0.2, 0) is 22.5 Å². The number of rotatable bonds is 7. The van der Waals surface area contributed by atoms with Crippen LogP contribution >= 0.6 is 0 Å². The number of fused-ring (bicyclic) bond motifs is 2. The van der Waals surface area contributed by atoms with E-state index in [4.69, 9.17) is 18.9 Å². The molecule has 2 aromatic carbocycles. The van der Waals surface area contributed by atoms with Gasteiger partial charge in [-0.3, -0.25) is 4.79 Å². The van der Waals surface area contributed by atoms with Crippen molar-refractivity contribution >= 4 is 5.78 Å². The van der Waals surface area contributed by atoms with Gasteiger partial charge in [0.25, 0.3) is 0 Å². The van der Waals surface area contributed by atoms with E-state index in [9.17, 15) is 50.8 Å². The Morgan fingerprint density at radius 2 is 1.22 bits per heavy atom. The van der Waals surface area contributed by atoms with Gasteiger partial charge >= 0.3 is 0 Å². The van der Waals surface area contributed by atoms with Gasteiger partial charge < -0.3 is 64.9 Å². The van der Waals surface area contributed by atoms with Gasteiger partial charge in [0, 0.05) is 0 Å². The Hall–Kier alpha value is -2.73. The maximum Gasteiger partial charge on any atom is 0.229 e. The van der Waals surface area contributed by atoms with Crippen LogP contribution in [0, 0.1) is 0 Å². The fourth-order valence-electron chi connectivity index (χ4n) is 5.31. The first-order chi connectivity index (χ1) is 19.6. The van der Waals surface area contributed by atoms with E-state index in [1.807, 2.05) is 0 Å². The SMILES string of the molecule is O=C1c2c(cccc2O[C@@H]2O[C@H](CO)[C@@H](O)[C@H](O)[C@H]2O)Cc2cc(CO)cc(O[C@@H]3O[C@H](CO)[C@@H](O)[C@H](O)[C@H]3O)c21. The lowest BCUT2D eigenvalue weighted by atomic mass is 9.83. The van der Waals surface area contributed by atoms with E-state index < -0.39 is 87.0 Å². The number of carbonyl (C=O) groups is 1. The predicted octanol–water partition coefficient (Wildman–Crippen LogP) is -3.33. The van der Waals surface area contributed by atoms with Gasteiger partial charge in [-0.2, -0.15) is 0 Å². The van der Waals surface area contributed by atoms with E-state index in [0.717, 1.165) is 0 Å². The lowest BCUT2D eigenvalue weighted by Gasteiger charge is -2.40. The summed E-state index contributed by atoms with van der Waals surface area (Å²) in [5.74, 6) is -0.757. The van der Waals surface area contributed by atoms with Crippen molar-refractivity contribution in [3.05, 3.63) is 58.1 Å². The zero-order chi connectivity index (χ0) is 29.6. The molecule has 0 bridgehead atoms. The Morgan fingerprint density at radius 3 is 1.76 bits per heavy atom. The molecule has 0 radical (unpaired) electrons. The molecule has 14 nitrogen and oxygen atoms in total. The van der Waals surface area contributed by atoms with Crippen molar-refractivity contribution in [3.63, 3.8) is 0 Å². The highest BCUT2D eigenvalue weighted by atomic mass is 16.7. The summed E-state index contributed by atoms with van der Waals surface area (Å²) < 4.78 is 22.5. The number of ketones is 1. The smallest absolute Gasteiger partial charge is 0.229 e. The summed E-state index contributed by atoms with van der Waals surface area (Å²) in [5.41, 5.74) is 1.43. The first kappa shape index (κ1) is 29.8. The van der Waals surface area contributed by atoms with Gasteiger partial charge in [0.05, 0.1) is 30.9 Å². The second kappa shape index (κ2) is 11.9. The van der Waals surface area contributed by atoms with Crippen LogP contribution in [0.5, 0.6) is 11.5 Å². The second-order valence-electron chi connectivity index (χ2n) is 10.2. The summed E-state index contributed by atoms with van der Waals surface area (Å²) in [6, 6.07) is 7.65. The number of aliphatic hydroxyl groups is 9. The van der Waals surface area contributed by atoms with Gasteiger partial charge in [-0.05, 0) is 35.2 Å². The first-order valence-electron chi connectivity index (χ1n) is 13.0. The maximum absolute atomic E-state index is 14.0. The Bertz CT molecular complexity index is 1260. The van der Waals surface area contributed by atoms with Gasteiger partial charge in [0.1, 0.15) is 60.3 Å². The maximum atomic E-state index is 14.0. The molecule has 3 aliphatic rings. The number of ether oxygens (including phenoxy) is 4. The standard InChI is InChI=1S/C27H32O14/c28-7-10-4-12-6-11-2-1-3-13(38-26-24(36)22(34)19(31)15(8-29)40-26)17(11)21(33)18(12)14(5-10)39-27-25(37)23(35)20(32)16(9-30)41-27/h1-5,15-16,19-20,22-32,34-37H,6-9H2/t15-,16-,19-,20-,22+,23+,24-,25-,26-,27-/m1/s1. The van der Waals surface area contributed by atoms with E-state index >= 15 is 0 Å². The molecule has 9 N–H and O–H groups in total. The molecule has 224 valence electrons. The first-order valence-corrected chi connectivity index (χ1v) is 13.0. The van der Waals surface area contributed by atoms with Crippen molar-refractivity contribution in [3.8, 4) is 11.5 Å². The van der Waals surface area contributed by atoms with Crippen molar-refractivity contribution in [1.82, 2.24) is 0 Å². The lowest BCUT2D eigenvalue weighted by Crippen LogP contribution is -2.60. The Labute approximate surface area is 233 Å². The normalized spacial score (nSPS) is 35.0. The number of hydrogen-bond acceptors (Lipinski definition) is 14. The highest BCUT2D eigenvalue weighted by Gasteiger charge is 2.47. The average molecular weight is 581 g/mol. The molecular formula is C27H32O14. The van der Waals surface area contributed by atoms with Crippen molar-refractivity contribution in [2.75, 3.05) is 13.2 Å². The monoisotopic (exact) mass is 580 g/mol.